The highest BCUT2D eigenvalue weighted by Crippen LogP contribution is 2.58. The summed E-state index contributed by atoms with van der Waals surface area (Å²) in [5.74, 6) is -0.568. The standard InChI is InChI=1S/C23H26N2O2/c1-4-21-16(2)26-23(27-21)12-8-9-18-13-20-17(14-22(18,23)3)15-24-25(20)19-10-6-5-7-11-19/h4-7,10-11,13,15-16,21H,1,8-9,12,14H2,2-3H3/t16-,21-,22?,23?/m1/s1. The second-order valence-electron chi connectivity index (χ2n) is 8.23. The van der Waals surface area contributed by atoms with E-state index in [2.05, 4.69) is 55.4 Å². The Morgan fingerprint density at radius 3 is 2.81 bits per heavy atom. The lowest BCUT2D eigenvalue weighted by Gasteiger charge is -2.51. The van der Waals surface area contributed by atoms with Gasteiger partial charge in [0.25, 0.3) is 0 Å². The van der Waals surface area contributed by atoms with Gasteiger partial charge in [0.15, 0.2) is 5.79 Å². The van der Waals surface area contributed by atoms with Gasteiger partial charge >= 0.3 is 0 Å². The second-order valence-corrected chi connectivity index (χ2v) is 8.23. The van der Waals surface area contributed by atoms with E-state index in [0.717, 1.165) is 31.4 Å². The third-order valence-corrected chi connectivity index (χ3v) is 6.64. The van der Waals surface area contributed by atoms with Crippen LogP contribution in [0, 0.1) is 5.41 Å². The lowest BCUT2D eigenvalue weighted by atomic mass is 9.62. The fourth-order valence-corrected chi connectivity index (χ4v) is 5.12. The molecular weight excluding hydrogens is 336 g/mol. The van der Waals surface area contributed by atoms with Gasteiger partial charge in [0.05, 0.1) is 23.7 Å². The maximum Gasteiger partial charge on any atom is 0.178 e. The Labute approximate surface area is 160 Å². The molecule has 1 aromatic heterocycles. The SMILES string of the molecule is C=C[C@H]1OC2(CCCC3=Cc4c(cnn4-c4ccccc4)CC32C)O[C@@H]1C. The molecule has 2 aromatic rings. The van der Waals surface area contributed by atoms with Crippen molar-refractivity contribution in [1.82, 2.24) is 9.78 Å². The van der Waals surface area contributed by atoms with Crippen LogP contribution in [-0.2, 0) is 15.9 Å². The summed E-state index contributed by atoms with van der Waals surface area (Å²) < 4.78 is 15.1. The van der Waals surface area contributed by atoms with Gasteiger partial charge in [-0.05, 0) is 50.0 Å². The fraction of sp³-hybridized carbons (Fsp3) is 0.435. The Bertz CT molecular complexity index is 916. The molecule has 4 nitrogen and oxygen atoms in total. The first-order chi connectivity index (χ1) is 13.1. The number of benzene rings is 1. The van der Waals surface area contributed by atoms with E-state index >= 15 is 0 Å². The van der Waals surface area contributed by atoms with Crippen molar-refractivity contribution in [2.45, 2.75) is 57.5 Å². The zero-order valence-corrected chi connectivity index (χ0v) is 16.0. The van der Waals surface area contributed by atoms with Gasteiger partial charge in [-0.2, -0.15) is 5.10 Å². The molecule has 2 heterocycles. The van der Waals surface area contributed by atoms with Gasteiger partial charge in [-0.3, -0.25) is 0 Å². The van der Waals surface area contributed by atoms with Crippen LogP contribution in [0.25, 0.3) is 11.8 Å². The van der Waals surface area contributed by atoms with Gasteiger partial charge in [-0.15, -0.1) is 6.58 Å². The molecule has 3 aliphatic rings. The summed E-state index contributed by atoms with van der Waals surface area (Å²) in [4.78, 5) is 0. The fourth-order valence-electron chi connectivity index (χ4n) is 5.12. The number of aromatic nitrogens is 2. The molecule has 1 aliphatic heterocycles. The highest BCUT2D eigenvalue weighted by Gasteiger charge is 2.60. The summed E-state index contributed by atoms with van der Waals surface area (Å²) in [7, 11) is 0. The molecule has 1 spiro atoms. The molecule has 1 aromatic carbocycles. The lowest BCUT2D eigenvalue weighted by Crippen LogP contribution is -2.53. The summed E-state index contributed by atoms with van der Waals surface area (Å²) in [5.41, 5.74) is 4.79. The second kappa shape index (κ2) is 5.91. The van der Waals surface area contributed by atoms with Crippen molar-refractivity contribution in [3.8, 4) is 5.69 Å². The molecule has 4 atom stereocenters. The van der Waals surface area contributed by atoms with Gasteiger partial charge in [0.2, 0.25) is 0 Å². The smallest absolute Gasteiger partial charge is 0.178 e. The van der Waals surface area contributed by atoms with Crippen LogP contribution in [0.1, 0.15) is 44.4 Å². The van der Waals surface area contributed by atoms with Gasteiger partial charge < -0.3 is 9.47 Å². The molecule has 0 bridgehead atoms. The van der Waals surface area contributed by atoms with E-state index in [1.54, 1.807) is 0 Å². The average molecular weight is 362 g/mol. The van der Waals surface area contributed by atoms with Crippen LogP contribution in [0.3, 0.4) is 0 Å². The van der Waals surface area contributed by atoms with Gasteiger partial charge in [0.1, 0.15) is 6.10 Å². The van der Waals surface area contributed by atoms with E-state index in [-0.39, 0.29) is 17.6 Å². The lowest BCUT2D eigenvalue weighted by molar-refractivity contribution is -0.245. The molecular formula is C23H26N2O2. The number of ether oxygens (including phenoxy) is 2. The summed E-state index contributed by atoms with van der Waals surface area (Å²) >= 11 is 0. The minimum absolute atomic E-state index is 0.0344. The van der Waals surface area contributed by atoms with Gasteiger partial charge in [0, 0.05) is 11.8 Å². The summed E-state index contributed by atoms with van der Waals surface area (Å²) in [6.07, 6.45) is 10.2. The largest absolute Gasteiger partial charge is 0.343 e. The van der Waals surface area contributed by atoms with Crippen LogP contribution in [0.15, 0.2) is 54.8 Å². The first kappa shape index (κ1) is 17.0. The Kier molecular flexibility index (Phi) is 3.72. The van der Waals surface area contributed by atoms with Gasteiger partial charge in [-0.1, -0.05) is 36.8 Å². The van der Waals surface area contributed by atoms with E-state index in [1.165, 1.54) is 16.8 Å². The number of fused-ring (bicyclic) bond motifs is 3. The predicted octanol–water partition coefficient (Wildman–Crippen LogP) is 4.69. The molecule has 2 unspecified atom stereocenters. The Hall–Kier alpha value is -2.17. The zero-order valence-electron chi connectivity index (χ0n) is 16.0. The molecule has 27 heavy (non-hydrogen) atoms. The molecule has 0 radical (unpaired) electrons. The average Bonchev–Trinajstić information content (AvgIpc) is 3.23. The Morgan fingerprint density at radius 1 is 1.26 bits per heavy atom. The van der Waals surface area contributed by atoms with Crippen LogP contribution in [-0.4, -0.2) is 27.8 Å². The highest BCUT2D eigenvalue weighted by molar-refractivity contribution is 5.62. The van der Waals surface area contributed by atoms with E-state index < -0.39 is 5.79 Å². The first-order valence-electron chi connectivity index (χ1n) is 9.88. The first-order valence-corrected chi connectivity index (χ1v) is 9.88. The highest BCUT2D eigenvalue weighted by atomic mass is 16.8. The summed E-state index contributed by atoms with van der Waals surface area (Å²) in [6, 6.07) is 10.3. The molecule has 0 amide bonds. The van der Waals surface area contributed by atoms with E-state index in [0.29, 0.717) is 0 Å². The molecule has 1 saturated carbocycles. The number of hydrogen-bond acceptors (Lipinski definition) is 3. The maximum absolute atomic E-state index is 6.52. The van der Waals surface area contributed by atoms with E-state index in [1.807, 2.05) is 18.3 Å². The topological polar surface area (TPSA) is 36.3 Å². The van der Waals surface area contributed by atoms with Crippen molar-refractivity contribution in [2.75, 3.05) is 0 Å². The number of nitrogens with zero attached hydrogens (tertiary/aromatic N) is 2. The van der Waals surface area contributed by atoms with Crippen LogP contribution in [0.4, 0.5) is 0 Å². The molecule has 2 aliphatic carbocycles. The minimum Gasteiger partial charge on any atom is -0.343 e. The number of para-hydroxylation sites is 1. The summed E-state index contributed by atoms with van der Waals surface area (Å²) in [6.45, 7) is 8.33. The predicted molar refractivity (Wildman–Crippen MR) is 106 cm³/mol. The van der Waals surface area contributed by atoms with Crippen molar-refractivity contribution in [3.05, 3.63) is 66.0 Å². The van der Waals surface area contributed by atoms with E-state index in [4.69, 9.17) is 14.6 Å². The van der Waals surface area contributed by atoms with Crippen molar-refractivity contribution >= 4 is 6.08 Å². The number of hydrogen-bond donors (Lipinski definition) is 0. The molecule has 4 heteroatoms. The van der Waals surface area contributed by atoms with Gasteiger partial charge in [-0.25, -0.2) is 4.68 Å². The van der Waals surface area contributed by atoms with Crippen molar-refractivity contribution in [1.29, 1.82) is 0 Å². The molecule has 140 valence electrons. The van der Waals surface area contributed by atoms with Crippen LogP contribution in [0.5, 0.6) is 0 Å². The molecule has 2 fully saturated rings. The van der Waals surface area contributed by atoms with Crippen LogP contribution >= 0.6 is 0 Å². The minimum atomic E-state index is -0.568. The third kappa shape index (κ3) is 2.33. The Balaban J connectivity index is 1.59. The van der Waals surface area contributed by atoms with Crippen molar-refractivity contribution in [3.63, 3.8) is 0 Å². The Morgan fingerprint density at radius 2 is 2.07 bits per heavy atom. The van der Waals surface area contributed by atoms with Crippen molar-refractivity contribution in [2.24, 2.45) is 5.41 Å². The normalized spacial score (nSPS) is 34.8. The maximum atomic E-state index is 6.52. The summed E-state index contributed by atoms with van der Waals surface area (Å²) in [5, 5.41) is 4.69. The molecule has 5 rings (SSSR count). The molecule has 0 N–H and O–H groups in total. The van der Waals surface area contributed by atoms with Crippen LogP contribution in [0.2, 0.25) is 0 Å². The number of rotatable bonds is 2. The van der Waals surface area contributed by atoms with E-state index in [9.17, 15) is 0 Å². The third-order valence-electron chi connectivity index (χ3n) is 6.64. The molecule has 1 saturated heterocycles. The van der Waals surface area contributed by atoms with Crippen molar-refractivity contribution < 1.29 is 9.47 Å². The quantitative estimate of drug-likeness (QED) is 0.727. The monoisotopic (exact) mass is 362 g/mol. The van der Waals surface area contributed by atoms with Crippen LogP contribution < -0.4 is 0 Å². The zero-order chi connectivity index (χ0) is 18.6.